The van der Waals surface area contributed by atoms with Gasteiger partial charge in [-0.05, 0) is 60.4 Å². The van der Waals surface area contributed by atoms with Crippen LogP contribution in [0.2, 0.25) is 10.0 Å². The fraction of sp³-hybridized carbons (Fsp3) is 0.250. The summed E-state index contributed by atoms with van der Waals surface area (Å²) in [4.78, 5) is 14.2. The molecule has 0 spiro atoms. The quantitative estimate of drug-likeness (QED) is 0.571. The molecular weight excluding hydrogens is 371 g/mol. The maximum atomic E-state index is 11.9. The molecule has 2 N–H and O–H groups in total. The number of carbonyl (C=O) groups excluding carboxylic acids is 1. The Morgan fingerprint density at radius 2 is 2.08 bits per heavy atom. The number of benzene rings is 2. The van der Waals surface area contributed by atoms with E-state index in [2.05, 4.69) is 16.3 Å². The smallest absolute Gasteiger partial charge is 0.244 e. The molecule has 0 radical (unpaired) electrons. The van der Waals surface area contributed by atoms with E-state index in [4.69, 9.17) is 23.2 Å². The lowest BCUT2D eigenvalue weighted by Crippen LogP contribution is -2.28. The van der Waals surface area contributed by atoms with Crippen molar-refractivity contribution in [3.05, 3.63) is 63.6 Å². The van der Waals surface area contributed by atoms with Crippen molar-refractivity contribution in [1.29, 1.82) is 0 Å². The van der Waals surface area contributed by atoms with Crippen LogP contribution in [0.25, 0.3) is 6.08 Å². The van der Waals surface area contributed by atoms with Crippen LogP contribution < -0.4 is 10.2 Å². The van der Waals surface area contributed by atoms with Crippen molar-refractivity contribution in [3.8, 4) is 5.75 Å². The standard InChI is InChI=1S/C20H20Cl2N2O2/c21-16-4-5-18-15(13-16)8-11-24(18)10-1-9-23-20(26)7-3-14-2-6-19(25)17(22)12-14/h2-7,12-13,25H,1,8-11H2,(H,23,26)/b7-3+. The number of anilines is 1. The van der Waals surface area contributed by atoms with E-state index in [1.165, 1.54) is 23.4 Å². The number of halogens is 2. The van der Waals surface area contributed by atoms with E-state index in [0.717, 1.165) is 36.5 Å². The lowest BCUT2D eigenvalue weighted by Gasteiger charge is -2.19. The minimum Gasteiger partial charge on any atom is -0.506 e. The van der Waals surface area contributed by atoms with Gasteiger partial charge in [0.1, 0.15) is 5.75 Å². The first-order valence-electron chi connectivity index (χ1n) is 8.51. The van der Waals surface area contributed by atoms with Crippen molar-refractivity contribution in [2.45, 2.75) is 12.8 Å². The van der Waals surface area contributed by atoms with Crippen molar-refractivity contribution in [3.63, 3.8) is 0 Å². The highest BCUT2D eigenvalue weighted by Gasteiger charge is 2.18. The zero-order valence-corrected chi connectivity index (χ0v) is 15.7. The number of rotatable bonds is 6. The minimum atomic E-state index is -0.150. The van der Waals surface area contributed by atoms with Gasteiger partial charge in [-0.15, -0.1) is 0 Å². The number of amides is 1. The van der Waals surface area contributed by atoms with Gasteiger partial charge in [0, 0.05) is 36.4 Å². The van der Waals surface area contributed by atoms with Gasteiger partial charge >= 0.3 is 0 Å². The molecule has 2 aromatic carbocycles. The van der Waals surface area contributed by atoms with Crippen LogP contribution in [0.4, 0.5) is 5.69 Å². The number of carbonyl (C=O) groups is 1. The topological polar surface area (TPSA) is 52.6 Å². The van der Waals surface area contributed by atoms with E-state index in [1.54, 1.807) is 18.2 Å². The Hall–Kier alpha value is -2.17. The summed E-state index contributed by atoms with van der Waals surface area (Å²) in [5.41, 5.74) is 3.29. The summed E-state index contributed by atoms with van der Waals surface area (Å²) in [6.07, 6.45) is 5.02. The van der Waals surface area contributed by atoms with Gasteiger partial charge in [0.15, 0.2) is 0 Å². The second-order valence-corrected chi connectivity index (χ2v) is 7.04. The van der Waals surface area contributed by atoms with E-state index in [-0.39, 0.29) is 16.7 Å². The molecule has 26 heavy (non-hydrogen) atoms. The molecule has 0 bridgehead atoms. The van der Waals surface area contributed by atoms with Gasteiger partial charge < -0.3 is 15.3 Å². The van der Waals surface area contributed by atoms with E-state index >= 15 is 0 Å². The summed E-state index contributed by atoms with van der Waals surface area (Å²) in [6, 6.07) is 10.8. The average Bonchev–Trinajstić information content (AvgIpc) is 3.01. The summed E-state index contributed by atoms with van der Waals surface area (Å²) in [5, 5.41) is 13.3. The molecule has 1 heterocycles. The number of nitrogens with one attached hydrogen (secondary N) is 1. The third-order valence-corrected chi connectivity index (χ3v) is 4.87. The highest BCUT2D eigenvalue weighted by atomic mass is 35.5. The Morgan fingerprint density at radius 1 is 1.23 bits per heavy atom. The Morgan fingerprint density at radius 3 is 2.88 bits per heavy atom. The molecule has 0 fully saturated rings. The molecule has 136 valence electrons. The SMILES string of the molecule is O=C(/C=C/c1ccc(O)c(Cl)c1)NCCCN1CCc2cc(Cl)ccc21. The predicted molar refractivity (Wildman–Crippen MR) is 107 cm³/mol. The molecule has 2 aromatic rings. The first-order valence-corrected chi connectivity index (χ1v) is 9.26. The van der Waals surface area contributed by atoms with Crippen LogP contribution in [-0.2, 0) is 11.2 Å². The second-order valence-electron chi connectivity index (χ2n) is 6.20. The molecule has 1 aliphatic heterocycles. The normalized spacial score (nSPS) is 13.2. The summed E-state index contributed by atoms with van der Waals surface area (Å²) in [6.45, 7) is 2.50. The van der Waals surface area contributed by atoms with Gasteiger partial charge in [0.05, 0.1) is 5.02 Å². The number of hydrogen-bond donors (Lipinski definition) is 2. The Bertz CT molecular complexity index is 837. The number of hydrogen-bond acceptors (Lipinski definition) is 3. The molecule has 0 saturated heterocycles. The summed E-state index contributed by atoms with van der Waals surface area (Å²) < 4.78 is 0. The summed E-state index contributed by atoms with van der Waals surface area (Å²) in [7, 11) is 0. The van der Waals surface area contributed by atoms with Crippen LogP contribution in [-0.4, -0.2) is 30.6 Å². The number of phenolic OH excluding ortho intramolecular Hbond substituents is 1. The van der Waals surface area contributed by atoms with Gasteiger partial charge in [-0.3, -0.25) is 4.79 Å². The van der Waals surface area contributed by atoms with Crippen molar-refractivity contribution in [1.82, 2.24) is 5.32 Å². The largest absolute Gasteiger partial charge is 0.506 e. The van der Waals surface area contributed by atoms with Crippen molar-refractivity contribution < 1.29 is 9.90 Å². The predicted octanol–water partition coefficient (Wildman–Crippen LogP) is 4.28. The van der Waals surface area contributed by atoms with Crippen LogP contribution >= 0.6 is 23.2 Å². The van der Waals surface area contributed by atoms with E-state index in [0.29, 0.717) is 6.54 Å². The molecule has 0 aromatic heterocycles. The summed E-state index contributed by atoms with van der Waals surface area (Å²) >= 11 is 11.9. The minimum absolute atomic E-state index is 0.0269. The van der Waals surface area contributed by atoms with E-state index < -0.39 is 0 Å². The summed E-state index contributed by atoms with van der Waals surface area (Å²) in [5.74, 6) is -0.123. The van der Waals surface area contributed by atoms with Gasteiger partial charge in [0.2, 0.25) is 5.91 Å². The van der Waals surface area contributed by atoms with Gasteiger partial charge in [-0.25, -0.2) is 0 Å². The van der Waals surface area contributed by atoms with Gasteiger partial charge in [0.25, 0.3) is 0 Å². The molecule has 1 aliphatic rings. The average molecular weight is 391 g/mol. The highest BCUT2D eigenvalue weighted by molar-refractivity contribution is 6.32. The third kappa shape index (κ3) is 4.71. The molecule has 6 heteroatoms. The second kappa shape index (κ2) is 8.47. The van der Waals surface area contributed by atoms with E-state index in [1.807, 2.05) is 12.1 Å². The highest BCUT2D eigenvalue weighted by Crippen LogP contribution is 2.30. The van der Waals surface area contributed by atoms with Crippen molar-refractivity contribution in [2.75, 3.05) is 24.5 Å². The Labute approximate surface area is 163 Å². The molecule has 0 aliphatic carbocycles. The maximum Gasteiger partial charge on any atom is 0.244 e. The maximum absolute atomic E-state index is 11.9. The zero-order valence-electron chi connectivity index (χ0n) is 14.2. The zero-order chi connectivity index (χ0) is 18.5. The van der Waals surface area contributed by atoms with Crippen LogP contribution in [0, 0.1) is 0 Å². The van der Waals surface area contributed by atoms with Crippen LogP contribution in [0.1, 0.15) is 17.5 Å². The molecular formula is C20H20Cl2N2O2. The van der Waals surface area contributed by atoms with E-state index in [9.17, 15) is 9.90 Å². The number of nitrogens with zero attached hydrogens (tertiary/aromatic N) is 1. The fourth-order valence-corrected chi connectivity index (χ4v) is 3.39. The Kier molecular flexibility index (Phi) is 6.07. The van der Waals surface area contributed by atoms with Crippen molar-refractivity contribution in [2.24, 2.45) is 0 Å². The monoisotopic (exact) mass is 390 g/mol. The lowest BCUT2D eigenvalue weighted by atomic mass is 10.2. The number of fused-ring (bicyclic) bond motifs is 1. The molecule has 4 nitrogen and oxygen atoms in total. The van der Waals surface area contributed by atoms with Crippen LogP contribution in [0.3, 0.4) is 0 Å². The first-order chi connectivity index (χ1) is 12.5. The third-order valence-electron chi connectivity index (χ3n) is 4.34. The van der Waals surface area contributed by atoms with Crippen LogP contribution in [0.15, 0.2) is 42.5 Å². The lowest BCUT2D eigenvalue weighted by molar-refractivity contribution is -0.116. The number of aromatic hydroxyl groups is 1. The fourth-order valence-electron chi connectivity index (χ4n) is 3.01. The van der Waals surface area contributed by atoms with Crippen molar-refractivity contribution >= 4 is 40.9 Å². The van der Waals surface area contributed by atoms with Crippen LogP contribution in [0.5, 0.6) is 5.75 Å². The first kappa shape index (κ1) is 18.6. The molecule has 0 atom stereocenters. The van der Waals surface area contributed by atoms with Gasteiger partial charge in [-0.1, -0.05) is 29.3 Å². The molecule has 3 rings (SSSR count). The number of phenols is 1. The molecule has 0 saturated carbocycles. The molecule has 0 unspecified atom stereocenters. The Balaban J connectivity index is 1.42. The van der Waals surface area contributed by atoms with Gasteiger partial charge in [-0.2, -0.15) is 0 Å². The molecule has 1 amide bonds.